The van der Waals surface area contributed by atoms with Crippen LogP contribution in [0.2, 0.25) is 0 Å². The van der Waals surface area contributed by atoms with Gasteiger partial charge in [-0.15, -0.1) is 0 Å². The van der Waals surface area contributed by atoms with Gasteiger partial charge in [0, 0.05) is 6.54 Å². The lowest BCUT2D eigenvalue weighted by Gasteiger charge is -2.20. The molecule has 1 atom stereocenters. The van der Waals surface area contributed by atoms with Crippen LogP contribution in [-0.4, -0.2) is 30.2 Å². The van der Waals surface area contributed by atoms with Gasteiger partial charge in [0.25, 0.3) is 0 Å². The molecule has 1 aliphatic rings. The summed E-state index contributed by atoms with van der Waals surface area (Å²) in [6, 6.07) is -0.363. The van der Waals surface area contributed by atoms with Gasteiger partial charge in [0.15, 0.2) is 0 Å². The van der Waals surface area contributed by atoms with E-state index in [0.29, 0.717) is 13.0 Å². The van der Waals surface area contributed by atoms with Crippen molar-refractivity contribution in [3.63, 3.8) is 0 Å². The van der Waals surface area contributed by atoms with Crippen LogP contribution >= 0.6 is 0 Å². The van der Waals surface area contributed by atoms with Crippen molar-refractivity contribution in [2.24, 2.45) is 0 Å². The van der Waals surface area contributed by atoms with Crippen LogP contribution in [0.15, 0.2) is 0 Å². The number of carbonyl (C=O) groups is 2. The van der Waals surface area contributed by atoms with Crippen LogP contribution in [0.3, 0.4) is 0 Å². The Balaban J connectivity index is 2.25. The first-order valence-electron chi connectivity index (χ1n) is 4.91. The number of carbonyl (C=O) groups excluding carboxylic acids is 2. The molecule has 1 heterocycles. The van der Waals surface area contributed by atoms with Gasteiger partial charge >= 0.3 is 6.09 Å². The molecule has 1 unspecified atom stereocenters. The van der Waals surface area contributed by atoms with Crippen LogP contribution in [0.4, 0.5) is 4.79 Å². The second kappa shape index (κ2) is 4.48. The van der Waals surface area contributed by atoms with Crippen molar-refractivity contribution in [1.29, 1.82) is 0 Å². The van der Waals surface area contributed by atoms with Gasteiger partial charge in [0.1, 0.15) is 11.6 Å². The molecule has 0 aromatic heterocycles. The average Bonchev–Trinajstić information content (AvgIpc) is 2.44. The molecule has 6 nitrogen and oxygen atoms in total. The van der Waals surface area contributed by atoms with E-state index in [2.05, 4.69) is 16.2 Å². The van der Waals surface area contributed by atoms with Gasteiger partial charge in [-0.2, -0.15) is 0 Å². The van der Waals surface area contributed by atoms with Gasteiger partial charge < -0.3 is 10.1 Å². The van der Waals surface area contributed by atoms with Crippen LogP contribution in [0.5, 0.6) is 0 Å². The first-order valence-corrected chi connectivity index (χ1v) is 4.91. The third-order valence-corrected chi connectivity index (χ3v) is 1.80. The van der Waals surface area contributed by atoms with Crippen molar-refractivity contribution in [3.8, 4) is 0 Å². The topological polar surface area (TPSA) is 79.5 Å². The van der Waals surface area contributed by atoms with Crippen molar-refractivity contribution in [3.05, 3.63) is 0 Å². The van der Waals surface area contributed by atoms with E-state index >= 15 is 0 Å². The molecule has 0 spiro atoms. The fourth-order valence-corrected chi connectivity index (χ4v) is 1.18. The molecule has 0 aromatic carbocycles. The summed E-state index contributed by atoms with van der Waals surface area (Å²) in [5.74, 6) is -0.106. The quantitative estimate of drug-likeness (QED) is 0.562. The van der Waals surface area contributed by atoms with Crippen LogP contribution < -0.4 is 16.2 Å². The third-order valence-electron chi connectivity index (χ3n) is 1.80. The largest absolute Gasteiger partial charge is 0.443 e. The fraction of sp³-hybridized carbons (Fsp3) is 0.778. The minimum atomic E-state index is -0.581. The molecule has 0 radical (unpaired) electrons. The SMILES string of the molecule is CC(C)(C)OC(=O)NNC1CCNC1=O. The smallest absolute Gasteiger partial charge is 0.422 e. The molecule has 0 aliphatic carbocycles. The molecule has 86 valence electrons. The van der Waals surface area contributed by atoms with Crippen LogP contribution in [-0.2, 0) is 9.53 Å². The molecule has 6 heteroatoms. The van der Waals surface area contributed by atoms with Crippen molar-refractivity contribution < 1.29 is 14.3 Å². The van der Waals surface area contributed by atoms with Gasteiger partial charge in [-0.25, -0.2) is 10.2 Å². The normalized spacial score (nSPS) is 21.0. The van der Waals surface area contributed by atoms with E-state index in [9.17, 15) is 9.59 Å². The number of amides is 2. The first-order chi connectivity index (χ1) is 6.88. The van der Waals surface area contributed by atoms with E-state index in [1.165, 1.54) is 0 Å². The summed E-state index contributed by atoms with van der Waals surface area (Å²) in [5.41, 5.74) is 4.42. The maximum Gasteiger partial charge on any atom is 0.422 e. The number of nitrogens with one attached hydrogen (secondary N) is 3. The van der Waals surface area contributed by atoms with E-state index in [1.54, 1.807) is 20.8 Å². The summed E-state index contributed by atoms with van der Waals surface area (Å²) in [6.07, 6.45) is 0.0800. The minimum absolute atomic E-state index is 0.106. The lowest BCUT2D eigenvalue weighted by atomic mass is 10.2. The van der Waals surface area contributed by atoms with Gasteiger partial charge in [0.05, 0.1) is 0 Å². The summed E-state index contributed by atoms with van der Waals surface area (Å²) in [6.45, 7) is 5.95. The number of rotatable bonds is 2. The highest BCUT2D eigenvalue weighted by Gasteiger charge is 2.24. The van der Waals surface area contributed by atoms with E-state index < -0.39 is 11.7 Å². The van der Waals surface area contributed by atoms with Gasteiger partial charge in [-0.05, 0) is 27.2 Å². The molecule has 0 bridgehead atoms. The zero-order chi connectivity index (χ0) is 11.5. The molecular weight excluding hydrogens is 198 g/mol. The second-order valence-corrected chi connectivity index (χ2v) is 4.40. The Bertz CT molecular complexity index is 260. The lowest BCUT2D eigenvalue weighted by molar-refractivity contribution is -0.121. The Labute approximate surface area is 88.7 Å². The van der Waals surface area contributed by atoms with Crippen LogP contribution in [0, 0.1) is 0 Å². The number of ether oxygens (including phenoxy) is 1. The zero-order valence-corrected chi connectivity index (χ0v) is 9.22. The molecule has 1 rings (SSSR count). The number of hydrogen-bond acceptors (Lipinski definition) is 4. The maximum atomic E-state index is 11.2. The summed E-state index contributed by atoms with van der Waals surface area (Å²) < 4.78 is 4.99. The molecule has 15 heavy (non-hydrogen) atoms. The van der Waals surface area contributed by atoms with Crippen molar-refractivity contribution in [1.82, 2.24) is 16.2 Å². The van der Waals surface area contributed by atoms with Crippen molar-refractivity contribution >= 4 is 12.0 Å². The molecule has 1 aliphatic heterocycles. The van der Waals surface area contributed by atoms with Crippen LogP contribution in [0.25, 0.3) is 0 Å². The van der Waals surface area contributed by atoms with E-state index in [-0.39, 0.29) is 11.9 Å². The first kappa shape index (κ1) is 11.8. The summed E-state index contributed by atoms with van der Waals surface area (Å²) >= 11 is 0. The van der Waals surface area contributed by atoms with E-state index in [1.807, 2.05) is 0 Å². The Morgan fingerprint density at radius 1 is 1.53 bits per heavy atom. The summed E-state index contributed by atoms with van der Waals surface area (Å²) in [4.78, 5) is 22.3. The van der Waals surface area contributed by atoms with Crippen LogP contribution in [0.1, 0.15) is 27.2 Å². The molecule has 1 fully saturated rings. The van der Waals surface area contributed by atoms with Gasteiger partial charge in [-0.3, -0.25) is 10.2 Å². The molecule has 1 saturated heterocycles. The Kier molecular flexibility index (Phi) is 3.52. The van der Waals surface area contributed by atoms with Gasteiger partial charge in [-0.1, -0.05) is 0 Å². The molecular formula is C9H17N3O3. The second-order valence-electron chi connectivity index (χ2n) is 4.40. The summed E-state index contributed by atoms with van der Waals surface area (Å²) in [7, 11) is 0. The highest BCUT2D eigenvalue weighted by Crippen LogP contribution is 2.06. The highest BCUT2D eigenvalue weighted by molar-refractivity contribution is 5.84. The number of hydrazine groups is 1. The fourth-order valence-electron chi connectivity index (χ4n) is 1.18. The van der Waals surface area contributed by atoms with E-state index in [0.717, 1.165) is 0 Å². The molecule has 2 amide bonds. The summed E-state index contributed by atoms with van der Waals surface area (Å²) in [5, 5.41) is 2.65. The Hall–Kier alpha value is -1.30. The molecule has 0 saturated carbocycles. The molecule has 3 N–H and O–H groups in total. The number of hydrogen-bond donors (Lipinski definition) is 3. The van der Waals surface area contributed by atoms with Crippen molar-refractivity contribution in [2.45, 2.75) is 38.8 Å². The predicted molar refractivity (Wildman–Crippen MR) is 53.9 cm³/mol. The Morgan fingerprint density at radius 2 is 2.20 bits per heavy atom. The minimum Gasteiger partial charge on any atom is -0.443 e. The molecule has 0 aromatic rings. The third kappa shape index (κ3) is 4.16. The van der Waals surface area contributed by atoms with Gasteiger partial charge in [0.2, 0.25) is 5.91 Å². The highest BCUT2D eigenvalue weighted by atomic mass is 16.6. The Morgan fingerprint density at radius 3 is 2.67 bits per heavy atom. The zero-order valence-electron chi connectivity index (χ0n) is 9.22. The standard InChI is InChI=1S/C9H17N3O3/c1-9(2,3)15-8(14)12-11-6-4-5-10-7(6)13/h6,11H,4-5H2,1-3H3,(H,10,13)(H,12,14). The van der Waals surface area contributed by atoms with E-state index in [4.69, 9.17) is 4.74 Å². The monoisotopic (exact) mass is 215 g/mol. The van der Waals surface area contributed by atoms with Crippen molar-refractivity contribution in [2.75, 3.05) is 6.54 Å². The lowest BCUT2D eigenvalue weighted by Crippen LogP contribution is -2.49. The average molecular weight is 215 g/mol. The predicted octanol–water partition coefficient (Wildman–Crippen LogP) is -0.0958. The maximum absolute atomic E-state index is 11.2.